The molecule has 0 atom stereocenters. The summed E-state index contributed by atoms with van der Waals surface area (Å²) in [6, 6.07) is 3.07. The van der Waals surface area contributed by atoms with E-state index in [2.05, 4.69) is 5.32 Å². The van der Waals surface area contributed by atoms with Crippen molar-refractivity contribution in [1.29, 1.82) is 0 Å². The topological polar surface area (TPSA) is 93.3 Å². The summed E-state index contributed by atoms with van der Waals surface area (Å²) in [7, 11) is 0. The maximum absolute atomic E-state index is 11.6. The van der Waals surface area contributed by atoms with Crippen LogP contribution in [0.2, 0.25) is 0 Å². The molecule has 0 aliphatic heterocycles. The third-order valence-corrected chi connectivity index (χ3v) is 2.39. The first kappa shape index (κ1) is 14.0. The summed E-state index contributed by atoms with van der Waals surface area (Å²) >= 11 is 0. The van der Waals surface area contributed by atoms with E-state index >= 15 is 0 Å². The first-order valence-corrected chi connectivity index (χ1v) is 5.78. The number of carbonyl (C=O) groups excluding carboxylic acids is 1. The van der Waals surface area contributed by atoms with Crippen molar-refractivity contribution in [3.05, 3.63) is 35.3 Å². The Kier molecular flexibility index (Phi) is 5.63. The van der Waals surface area contributed by atoms with Gasteiger partial charge in [0.25, 0.3) is 5.91 Å². The number of nitrogens with one attached hydrogen (secondary N) is 1. The number of aromatic nitrogens is 1. The van der Waals surface area contributed by atoms with Crippen LogP contribution in [0.5, 0.6) is 0 Å². The van der Waals surface area contributed by atoms with Gasteiger partial charge in [-0.2, -0.15) is 4.73 Å². The highest BCUT2D eigenvalue weighted by Gasteiger charge is 2.07. The van der Waals surface area contributed by atoms with Crippen LogP contribution in [0.3, 0.4) is 0 Å². The Morgan fingerprint density at radius 3 is 2.78 bits per heavy atom. The van der Waals surface area contributed by atoms with Crippen LogP contribution >= 0.6 is 0 Å². The molecule has 0 bridgehead atoms. The van der Waals surface area contributed by atoms with E-state index in [0.29, 0.717) is 23.3 Å². The van der Waals surface area contributed by atoms with Gasteiger partial charge in [-0.3, -0.25) is 9.59 Å². The lowest BCUT2D eigenvalue weighted by molar-refractivity contribution is -0.605. The monoisotopic (exact) mass is 252 g/mol. The second kappa shape index (κ2) is 7.26. The molecule has 1 heterocycles. The second-order valence-corrected chi connectivity index (χ2v) is 3.91. The highest BCUT2D eigenvalue weighted by Crippen LogP contribution is 1.99. The van der Waals surface area contributed by atoms with E-state index in [1.54, 1.807) is 6.07 Å². The fraction of sp³-hybridized carbons (Fsp3) is 0.417. The van der Waals surface area contributed by atoms with Gasteiger partial charge >= 0.3 is 5.97 Å². The average molecular weight is 252 g/mol. The van der Waals surface area contributed by atoms with E-state index in [9.17, 15) is 14.8 Å². The van der Waals surface area contributed by atoms with E-state index in [1.165, 1.54) is 18.5 Å². The summed E-state index contributed by atoms with van der Waals surface area (Å²) in [6.45, 7) is 0.478. The Balaban J connectivity index is 2.20. The number of pyridine rings is 1. The number of carbonyl (C=O) groups is 2. The van der Waals surface area contributed by atoms with Crippen LogP contribution in [-0.2, 0) is 4.79 Å². The lowest BCUT2D eigenvalue weighted by atomic mass is 10.2. The van der Waals surface area contributed by atoms with Crippen LogP contribution in [0.15, 0.2) is 24.5 Å². The van der Waals surface area contributed by atoms with Crippen molar-refractivity contribution in [2.45, 2.75) is 25.7 Å². The van der Waals surface area contributed by atoms with Gasteiger partial charge in [-0.25, -0.2) is 0 Å². The Hall–Kier alpha value is -2.11. The molecule has 0 unspecified atom stereocenters. The minimum Gasteiger partial charge on any atom is -0.619 e. The van der Waals surface area contributed by atoms with Crippen molar-refractivity contribution >= 4 is 11.9 Å². The van der Waals surface area contributed by atoms with Gasteiger partial charge < -0.3 is 15.6 Å². The SMILES string of the molecule is O=C(O)CCCCCNC(=O)c1ccc[n+]([O-])c1. The highest BCUT2D eigenvalue weighted by molar-refractivity contribution is 5.93. The van der Waals surface area contributed by atoms with E-state index < -0.39 is 5.97 Å². The van der Waals surface area contributed by atoms with Crippen molar-refractivity contribution in [1.82, 2.24) is 5.32 Å². The van der Waals surface area contributed by atoms with Gasteiger partial charge in [0.1, 0.15) is 5.56 Å². The van der Waals surface area contributed by atoms with Crippen LogP contribution in [-0.4, -0.2) is 23.5 Å². The summed E-state index contributed by atoms with van der Waals surface area (Å²) in [5.41, 5.74) is 0.318. The second-order valence-electron chi connectivity index (χ2n) is 3.91. The van der Waals surface area contributed by atoms with Crippen LogP contribution in [0.1, 0.15) is 36.0 Å². The van der Waals surface area contributed by atoms with E-state index in [0.717, 1.165) is 12.8 Å². The molecule has 0 aliphatic carbocycles. The summed E-state index contributed by atoms with van der Waals surface area (Å²) in [6.07, 6.45) is 4.76. The van der Waals surface area contributed by atoms with Crippen molar-refractivity contribution in [2.24, 2.45) is 0 Å². The van der Waals surface area contributed by atoms with E-state index in [4.69, 9.17) is 5.11 Å². The molecule has 1 amide bonds. The Bertz CT molecular complexity index is 420. The molecule has 0 aliphatic rings. The summed E-state index contributed by atoms with van der Waals surface area (Å²) in [5.74, 6) is -1.10. The number of rotatable bonds is 7. The molecule has 0 radical (unpaired) electrons. The first-order valence-electron chi connectivity index (χ1n) is 5.78. The molecule has 0 aromatic carbocycles. The number of nitrogens with zero attached hydrogens (tertiary/aromatic N) is 1. The maximum atomic E-state index is 11.6. The number of hydrogen-bond acceptors (Lipinski definition) is 3. The minimum atomic E-state index is -0.802. The molecule has 18 heavy (non-hydrogen) atoms. The standard InChI is InChI=1S/C12H16N2O4/c15-11(16)6-2-1-3-7-13-12(17)10-5-4-8-14(18)9-10/h4-5,8-9H,1-3,6-7H2,(H,13,17)(H,15,16). The fourth-order valence-corrected chi connectivity index (χ4v) is 1.47. The van der Waals surface area contributed by atoms with Gasteiger partial charge in [0.15, 0.2) is 12.4 Å². The molecule has 6 nitrogen and oxygen atoms in total. The molecule has 1 aromatic heterocycles. The molecule has 0 fully saturated rings. The average Bonchev–Trinajstić information content (AvgIpc) is 2.33. The highest BCUT2D eigenvalue weighted by atomic mass is 16.5. The van der Waals surface area contributed by atoms with Gasteiger partial charge in [-0.05, 0) is 18.9 Å². The van der Waals surface area contributed by atoms with Crippen LogP contribution < -0.4 is 10.0 Å². The third kappa shape index (κ3) is 5.29. The molecular formula is C12H16N2O4. The quantitative estimate of drug-likeness (QED) is 0.424. The van der Waals surface area contributed by atoms with Crippen molar-refractivity contribution in [3.63, 3.8) is 0 Å². The maximum Gasteiger partial charge on any atom is 0.303 e. The Morgan fingerprint density at radius 2 is 2.11 bits per heavy atom. The van der Waals surface area contributed by atoms with Crippen molar-refractivity contribution in [2.75, 3.05) is 6.54 Å². The molecular weight excluding hydrogens is 236 g/mol. The lowest BCUT2D eigenvalue weighted by Gasteiger charge is -2.04. The molecule has 0 saturated carbocycles. The summed E-state index contributed by atoms with van der Waals surface area (Å²) < 4.78 is 0.571. The Morgan fingerprint density at radius 1 is 1.33 bits per heavy atom. The zero-order chi connectivity index (χ0) is 13.4. The lowest BCUT2D eigenvalue weighted by Crippen LogP contribution is -2.30. The minimum absolute atomic E-state index is 0.156. The number of aliphatic carboxylic acids is 1. The molecule has 0 saturated heterocycles. The predicted octanol–water partition coefficient (Wildman–Crippen LogP) is 0.695. The van der Waals surface area contributed by atoms with Gasteiger partial charge in [-0.1, -0.05) is 6.42 Å². The van der Waals surface area contributed by atoms with E-state index in [-0.39, 0.29) is 12.3 Å². The van der Waals surface area contributed by atoms with Gasteiger partial charge in [0.05, 0.1) is 0 Å². The summed E-state index contributed by atoms with van der Waals surface area (Å²) in [4.78, 5) is 21.8. The fourth-order valence-electron chi connectivity index (χ4n) is 1.47. The zero-order valence-electron chi connectivity index (χ0n) is 9.96. The number of hydrogen-bond donors (Lipinski definition) is 2. The number of unbranched alkanes of at least 4 members (excludes halogenated alkanes) is 2. The van der Waals surface area contributed by atoms with Crippen LogP contribution in [0.4, 0.5) is 0 Å². The smallest absolute Gasteiger partial charge is 0.303 e. The van der Waals surface area contributed by atoms with Crippen molar-refractivity contribution < 1.29 is 19.4 Å². The van der Waals surface area contributed by atoms with Crippen LogP contribution in [0.25, 0.3) is 0 Å². The Labute approximate surface area is 105 Å². The van der Waals surface area contributed by atoms with Gasteiger partial charge in [0.2, 0.25) is 0 Å². The first-order chi connectivity index (χ1) is 8.59. The summed E-state index contributed by atoms with van der Waals surface area (Å²) in [5, 5.41) is 22.1. The van der Waals surface area contributed by atoms with Gasteiger partial charge in [0, 0.05) is 19.0 Å². The molecule has 0 spiro atoms. The third-order valence-electron chi connectivity index (χ3n) is 2.39. The normalized spacial score (nSPS) is 10.0. The molecule has 98 valence electrons. The number of amides is 1. The molecule has 1 aromatic rings. The van der Waals surface area contributed by atoms with Crippen molar-refractivity contribution in [3.8, 4) is 0 Å². The van der Waals surface area contributed by atoms with Crippen LogP contribution in [0, 0.1) is 5.21 Å². The number of carboxylic acid groups (broad SMARTS) is 1. The van der Waals surface area contributed by atoms with E-state index in [1.807, 2.05) is 0 Å². The predicted molar refractivity (Wildman–Crippen MR) is 63.8 cm³/mol. The molecule has 2 N–H and O–H groups in total. The number of carboxylic acids is 1. The zero-order valence-corrected chi connectivity index (χ0v) is 9.96. The molecule has 6 heteroatoms. The van der Waals surface area contributed by atoms with Gasteiger partial charge in [-0.15, -0.1) is 0 Å². The largest absolute Gasteiger partial charge is 0.619 e. The molecule has 1 rings (SSSR count).